The van der Waals surface area contributed by atoms with E-state index in [4.69, 9.17) is 0 Å². The monoisotopic (exact) mass is 338 g/mol. The van der Waals surface area contributed by atoms with Crippen LogP contribution in [0.25, 0.3) is 11.1 Å². The Labute approximate surface area is 147 Å². The normalized spacial score (nSPS) is 20.1. The minimum Gasteiger partial charge on any atom is -0.300 e. The van der Waals surface area contributed by atoms with Crippen LogP contribution in [0.1, 0.15) is 46.1 Å². The highest BCUT2D eigenvalue weighted by atomic mass is 31.1. The van der Waals surface area contributed by atoms with E-state index in [0.717, 1.165) is 0 Å². The third-order valence-corrected chi connectivity index (χ3v) is 8.66. The van der Waals surface area contributed by atoms with Crippen molar-refractivity contribution < 1.29 is 4.79 Å². The van der Waals surface area contributed by atoms with Crippen LogP contribution in [0.5, 0.6) is 0 Å². The fraction of sp³-hybridized carbons (Fsp3) is 0.409. The predicted molar refractivity (Wildman–Crippen MR) is 106 cm³/mol. The van der Waals surface area contributed by atoms with Crippen LogP contribution in [0.2, 0.25) is 0 Å². The molecule has 3 rings (SSSR count). The first-order chi connectivity index (χ1) is 11.2. The number of benzene rings is 2. The maximum atomic E-state index is 12.3. The summed E-state index contributed by atoms with van der Waals surface area (Å²) in [5, 5.41) is 1.52. The van der Waals surface area contributed by atoms with Gasteiger partial charge in [-0.25, -0.2) is 0 Å². The molecule has 0 N–H and O–H groups in total. The first-order valence-electron chi connectivity index (χ1n) is 8.69. The topological polar surface area (TPSA) is 17.1 Å². The van der Waals surface area contributed by atoms with Gasteiger partial charge in [0.25, 0.3) is 0 Å². The summed E-state index contributed by atoms with van der Waals surface area (Å²) in [6, 6.07) is 17.5. The van der Waals surface area contributed by atoms with E-state index in [-0.39, 0.29) is 10.3 Å². The number of Topliss-reactive ketones (excluding diaryl/α,β-unsaturated/α-hetero) is 1. The molecule has 1 aliphatic rings. The molecule has 0 bridgehead atoms. The maximum Gasteiger partial charge on any atom is 0.134 e. The summed E-state index contributed by atoms with van der Waals surface area (Å²) in [4.78, 5) is 12.3. The average molecular weight is 338 g/mol. The number of hydrogen-bond donors (Lipinski definition) is 0. The second kappa shape index (κ2) is 6.12. The zero-order valence-electron chi connectivity index (χ0n) is 15.4. The van der Waals surface area contributed by atoms with Gasteiger partial charge >= 0.3 is 0 Å². The summed E-state index contributed by atoms with van der Waals surface area (Å²) >= 11 is 0. The van der Waals surface area contributed by atoms with Crippen LogP contribution in [0.3, 0.4) is 0 Å². The van der Waals surface area contributed by atoms with Crippen LogP contribution in [-0.4, -0.2) is 16.1 Å². The molecule has 0 aromatic heterocycles. The molecule has 0 aliphatic carbocycles. The number of aryl methyl sites for hydroxylation is 1. The Morgan fingerprint density at radius 2 is 1.29 bits per heavy atom. The van der Waals surface area contributed by atoms with Crippen molar-refractivity contribution in [1.82, 2.24) is 0 Å². The largest absolute Gasteiger partial charge is 0.300 e. The fourth-order valence-electron chi connectivity index (χ4n) is 4.43. The number of carbonyl (C=O) groups is 1. The molecule has 0 spiro atoms. The van der Waals surface area contributed by atoms with E-state index in [2.05, 4.69) is 83.1 Å². The van der Waals surface area contributed by atoms with E-state index in [1.54, 1.807) is 0 Å². The minimum atomic E-state index is -0.458. The summed E-state index contributed by atoms with van der Waals surface area (Å²) < 4.78 is 0. The molecule has 1 aliphatic heterocycles. The summed E-state index contributed by atoms with van der Waals surface area (Å²) in [6.45, 7) is 11.3. The van der Waals surface area contributed by atoms with Crippen molar-refractivity contribution in [3.8, 4) is 11.1 Å². The molecule has 2 aromatic rings. The van der Waals surface area contributed by atoms with E-state index in [0.29, 0.717) is 18.6 Å². The number of carbonyl (C=O) groups excluding carboxylic acids is 1. The van der Waals surface area contributed by atoms with Crippen LogP contribution < -0.4 is 5.30 Å². The Morgan fingerprint density at radius 1 is 0.792 bits per heavy atom. The van der Waals surface area contributed by atoms with Crippen LogP contribution in [0, 0.1) is 6.92 Å². The Balaban J connectivity index is 2.20. The predicted octanol–water partition coefficient (Wildman–Crippen LogP) is 5.69. The van der Waals surface area contributed by atoms with Gasteiger partial charge in [0.15, 0.2) is 0 Å². The van der Waals surface area contributed by atoms with Gasteiger partial charge < -0.3 is 0 Å². The Bertz CT molecular complexity index is 753. The highest BCUT2D eigenvalue weighted by molar-refractivity contribution is 7.69. The van der Waals surface area contributed by atoms with Crippen molar-refractivity contribution in [2.45, 2.75) is 57.8 Å². The Kier molecular flexibility index (Phi) is 4.43. The van der Waals surface area contributed by atoms with Crippen LogP contribution in [-0.2, 0) is 4.79 Å². The first-order valence-corrected chi connectivity index (χ1v) is 10.0. The molecule has 1 nitrogen and oxygen atoms in total. The molecule has 1 fully saturated rings. The van der Waals surface area contributed by atoms with Crippen molar-refractivity contribution in [3.05, 3.63) is 54.1 Å². The molecule has 1 saturated heterocycles. The molecule has 0 radical (unpaired) electrons. The lowest BCUT2D eigenvalue weighted by atomic mass is 9.96. The minimum absolute atomic E-state index is 0.0347. The zero-order chi connectivity index (χ0) is 17.5. The van der Waals surface area contributed by atoms with E-state index >= 15 is 0 Å². The Hall–Kier alpha value is -1.46. The lowest BCUT2D eigenvalue weighted by Gasteiger charge is -2.49. The van der Waals surface area contributed by atoms with Crippen molar-refractivity contribution in [3.63, 3.8) is 0 Å². The number of ketones is 1. The third kappa shape index (κ3) is 3.07. The van der Waals surface area contributed by atoms with Gasteiger partial charge in [-0.2, -0.15) is 0 Å². The average Bonchev–Trinajstić information content (AvgIpc) is 2.45. The zero-order valence-corrected chi connectivity index (χ0v) is 16.3. The summed E-state index contributed by atoms with van der Waals surface area (Å²) in [7, 11) is -0.458. The van der Waals surface area contributed by atoms with Crippen molar-refractivity contribution in [2.24, 2.45) is 0 Å². The van der Waals surface area contributed by atoms with Gasteiger partial charge in [0.2, 0.25) is 0 Å². The molecule has 2 aromatic carbocycles. The van der Waals surface area contributed by atoms with Gasteiger partial charge in [0.1, 0.15) is 5.78 Å². The van der Waals surface area contributed by atoms with Crippen LogP contribution >= 0.6 is 7.92 Å². The van der Waals surface area contributed by atoms with E-state index in [1.807, 2.05) is 0 Å². The standard InChI is InChI=1S/C22H27OP/c1-16-10-6-7-11-18(16)19-12-8-9-13-20(19)24-21(2,3)14-17(23)15-22(24,4)5/h6-13H,14-15H2,1-5H3. The summed E-state index contributed by atoms with van der Waals surface area (Å²) in [5.41, 5.74) is 3.97. The molecular weight excluding hydrogens is 311 g/mol. The molecule has 24 heavy (non-hydrogen) atoms. The van der Waals surface area contributed by atoms with Gasteiger partial charge in [0.05, 0.1) is 0 Å². The van der Waals surface area contributed by atoms with E-state index in [9.17, 15) is 4.79 Å². The lowest BCUT2D eigenvalue weighted by Crippen LogP contribution is -2.43. The second-order valence-corrected chi connectivity index (χ2v) is 11.8. The molecule has 126 valence electrons. The molecule has 0 unspecified atom stereocenters. The molecule has 0 saturated carbocycles. The van der Waals surface area contributed by atoms with Gasteiger partial charge in [-0.15, -0.1) is 0 Å². The van der Waals surface area contributed by atoms with Gasteiger partial charge in [-0.05, 0) is 39.2 Å². The quantitative estimate of drug-likeness (QED) is 0.643. The molecule has 0 amide bonds. The van der Waals surface area contributed by atoms with Gasteiger partial charge in [-0.1, -0.05) is 84.1 Å². The summed E-state index contributed by atoms with van der Waals surface area (Å²) in [5.74, 6) is 0.414. The summed E-state index contributed by atoms with van der Waals surface area (Å²) in [6.07, 6.45) is 1.40. The molecular formula is C22H27OP. The SMILES string of the molecule is Cc1ccccc1-c1ccccc1P1C(C)(C)CC(=O)CC1(C)C. The highest BCUT2D eigenvalue weighted by Crippen LogP contribution is 2.65. The first kappa shape index (κ1) is 17.4. The Morgan fingerprint density at radius 3 is 1.88 bits per heavy atom. The van der Waals surface area contributed by atoms with Crippen molar-refractivity contribution in [2.75, 3.05) is 0 Å². The smallest absolute Gasteiger partial charge is 0.134 e. The van der Waals surface area contributed by atoms with Gasteiger partial charge in [-0.3, -0.25) is 4.79 Å². The van der Waals surface area contributed by atoms with Crippen molar-refractivity contribution >= 4 is 19.0 Å². The second-order valence-electron chi connectivity index (χ2n) is 8.18. The number of rotatable bonds is 2. The fourth-order valence-corrected chi connectivity index (χ4v) is 8.71. The van der Waals surface area contributed by atoms with Crippen molar-refractivity contribution in [1.29, 1.82) is 0 Å². The molecule has 0 atom stereocenters. The van der Waals surface area contributed by atoms with Crippen LogP contribution in [0.4, 0.5) is 0 Å². The number of hydrogen-bond acceptors (Lipinski definition) is 1. The highest BCUT2D eigenvalue weighted by Gasteiger charge is 2.48. The van der Waals surface area contributed by atoms with E-state index in [1.165, 1.54) is 22.0 Å². The van der Waals surface area contributed by atoms with Crippen LogP contribution in [0.15, 0.2) is 48.5 Å². The molecule has 2 heteroatoms. The maximum absolute atomic E-state index is 12.3. The lowest BCUT2D eigenvalue weighted by molar-refractivity contribution is -0.120. The molecule has 1 heterocycles. The van der Waals surface area contributed by atoms with Gasteiger partial charge in [0, 0.05) is 12.8 Å². The third-order valence-electron chi connectivity index (χ3n) is 5.05. The van der Waals surface area contributed by atoms with E-state index < -0.39 is 7.92 Å².